The van der Waals surface area contributed by atoms with Gasteiger partial charge in [0.15, 0.2) is 0 Å². The van der Waals surface area contributed by atoms with Crippen LogP contribution >= 0.6 is 0 Å². The summed E-state index contributed by atoms with van der Waals surface area (Å²) >= 11 is 0. The van der Waals surface area contributed by atoms with Crippen LogP contribution in [0.5, 0.6) is 0 Å². The molecule has 3 nitrogen and oxygen atoms in total. The van der Waals surface area contributed by atoms with Crippen molar-refractivity contribution < 1.29 is 0 Å². The van der Waals surface area contributed by atoms with E-state index in [4.69, 9.17) is 9.98 Å². The zero-order chi connectivity index (χ0) is 25.2. The lowest BCUT2D eigenvalue weighted by atomic mass is 9.98. The van der Waals surface area contributed by atoms with Gasteiger partial charge in [-0.15, -0.1) is 0 Å². The first-order chi connectivity index (χ1) is 17.5. The molecule has 0 aromatic heterocycles. The van der Waals surface area contributed by atoms with Crippen LogP contribution in [0.25, 0.3) is 22.3 Å². The molecule has 0 aliphatic heterocycles. The topological polar surface area (TPSA) is 41.8 Å². The maximum Gasteiger partial charge on any atom is 0.214 e. The van der Waals surface area contributed by atoms with E-state index in [-0.39, 0.29) is 5.43 Å². The van der Waals surface area contributed by atoms with Gasteiger partial charge in [-0.25, -0.2) is 9.98 Å². The fourth-order valence-corrected chi connectivity index (χ4v) is 4.74. The number of hydrogen-bond donors (Lipinski definition) is 0. The minimum Gasteiger partial charge on any atom is -0.287 e. The molecule has 0 aliphatic carbocycles. The molecule has 0 unspecified atom stereocenters. The smallest absolute Gasteiger partial charge is 0.214 e. The van der Waals surface area contributed by atoms with E-state index in [1.165, 1.54) is 0 Å². The number of aryl methyl sites for hydroxylation is 4. The molecule has 5 aromatic rings. The van der Waals surface area contributed by atoms with Gasteiger partial charge in [0.05, 0.1) is 11.4 Å². The SMILES string of the molecule is Cc1cccc(C)c1N=c1c(-c2ccccc2)c(-c2ccccc2)c(=O)c1=Nc1c(C)cccc1C. The molecule has 0 amide bonds. The third-order valence-electron chi connectivity index (χ3n) is 6.60. The molecule has 0 fully saturated rings. The first kappa shape index (κ1) is 23.4. The second kappa shape index (κ2) is 9.71. The molecule has 176 valence electrons. The summed E-state index contributed by atoms with van der Waals surface area (Å²) in [4.78, 5) is 24.4. The fourth-order valence-electron chi connectivity index (χ4n) is 4.74. The normalized spacial score (nSPS) is 12.3. The molecule has 0 heterocycles. The Morgan fingerprint density at radius 1 is 0.444 bits per heavy atom. The van der Waals surface area contributed by atoms with Crippen LogP contribution in [0, 0.1) is 27.7 Å². The van der Waals surface area contributed by atoms with Crippen LogP contribution < -0.4 is 16.1 Å². The molecular weight excluding hydrogens is 440 g/mol. The summed E-state index contributed by atoms with van der Waals surface area (Å²) < 4.78 is 0. The van der Waals surface area contributed by atoms with Gasteiger partial charge in [0.25, 0.3) is 0 Å². The number of hydrogen-bond acceptors (Lipinski definition) is 3. The van der Waals surface area contributed by atoms with Crippen molar-refractivity contribution in [2.75, 3.05) is 0 Å². The van der Waals surface area contributed by atoms with Crippen molar-refractivity contribution in [3.8, 4) is 22.3 Å². The molecule has 0 atom stereocenters. The van der Waals surface area contributed by atoms with E-state index in [9.17, 15) is 4.79 Å². The van der Waals surface area contributed by atoms with Crippen molar-refractivity contribution in [2.45, 2.75) is 27.7 Å². The Labute approximate surface area is 211 Å². The molecule has 0 N–H and O–H groups in total. The zero-order valence-electron chi connectivity index (χ0n) is 21.0. The fraction of sp³-hybridized carbons (Fsp3) is 0.121. The van der Waals surface area contributed by atoms with E-state index < -0.39 is 0 Å². The number of rotatable bonds is 4. The average Bonchev–Trinajstić information content (AvgIpc) is 3.15. The van der Waals surface area contributed by atoms with Crippen molar-refractivity contribution in [2.24, 2.45) is 9.98 Å². The first-order valence-electron chi connectivity index (χ1n) is 12.2. The first-order valence-corrected chi connectivity index (χ1v) is 12.2. The minimum absolute atomic E-state index is 0.104. The van der Waals surface area contributed by atoms with Gasteiger partial charge in [-0.1, -0.05) is 97.1 Å². The molecule has 0 spiro atoms. The van der Waals surface area contributed by atoms with E-state index >= 15 is 0 Å². The highest BCUT2D eigenvalue weighted by molar-refractivity contribution is 5.84. The van der Waals surface area contributed by atoms with Gasteiger partial charge >= 0.3 is 0 Å². The lowest BCUT2D eigenvalue weighted by Gasteiger charge is -2.07. The molecule has 0 saturated heterocycles. The van der Waals surface area contributed by atoms with Gasteiger partial charge in [-0.3, -0.25) is 4.79 Å². The number of para-hydroxylation sites is 2. The van der Waals surface area contributed by atoms with Crippen LogP contribution in [-0.4, -0.2) is 0 Å². The lowest BCUT2D eigenvalue weighted by molar-refractivity contribution is 1.19. The third kappa shape index (κ3) is 4.25. The molecule has 5 aromatic carbocycles. The largest absolute Gasteiger partial charge is 0.287 e. The van der Waals surface area contributed by atoms with Crippen molar-refractivity contribution in [3.63, 3.8) is 0 Å². The maximum atomic E-state index is 14.2. The maximum absolute atomic E-state index is 14.2. The Hall–Kier alpha value is -4.37. The van der Waals surface area contributed by atoms with E-state index in [1.807, 2.05) is 98.8 Å². The summed E-state index contributed by atoms with van der Waals surface area (Å²) in [6, 6.07) is 32.1. The summed E-state index contributed by atoms with van der Waals surface area (Å²) in [6.45, 7) is 8.15. The van der Waals surface area contributed by atoms with Crippen LogP contribution in [0.1, 0.15) is 22.3 Å². The molecule has 0 aliphatic rings. The van der Waals surface area contributed by atoms with Gasteiger partial charge in [-0.2, -0.15) is 0 Å². The lowest BCUT2D eigenvalue weighted by Crippen LogP contribution is -2.33. The van der Waals surface area contributed by atoms with Gasteiger partial charge in [0, 0.05) is 11.1 Å². The van der Waals surface area contributed by atoms with E-state index in [0.717, 1.165) is 50.3 Å². The number of nitrogens with zero attached hydrogens (tertiary/aromatic N) is 2. The van der Waals surface area contributed by atoms with Gasteiger partial charge < -0.3 is 0 Å². The van der Waals surface area contributed by atoms with Crippen LogP contribution in [0.2, 0.25) is 0 Å². The molecule has 36 heavy (non-hydrogen) atoms. The Kier molecular flexibility index (Phi) is 6.30. The summed E-state index contributed by atoms with van der Waals surface area (Å²) in [5, 5.41) is 0.998. The summed E-state index contributed by atoms with van der Waals surface area (Å²) in [7, 11) is 0. The second-order valence-corrected chi connectivity index (χ2v) is 9.21. The quantitative estimate of drug-likeness (QED) is 0.281. The van der Waals surface area contributed by atoms with E-state index in [2.05, 4.69) is 26.0 Å². The predicted octanol–water partition coefficient (Wildman–Crippen LogP) is 6.95. The number of benzene rings is 4. The Morgan fingerprint density at radius 2 is 0.833 bits per heavy atom. The Morgan fingerprint density at radius 3 is 1.28 bits per heavy atom. The summed E-state index contributed by atoms with van der Waals surface area (Å²) in [5.41, 5.74) is 9.01. The van der Waals surface area contributed by atoms with Crippen molar-refractivity contribution >= 4 is 11.4 Å². The molecule has 0 bridgehead atoms. The highest BCUT2D eigenvalue weighted by Gasteiger charge is 2.21. The van der Waals surface area contributed by atoms with Crippen molar-refractivity contribution in [3.05, 3.63) is 140 Å². The van der Waals surface area contributed by atoms with Gasteiger partial charge in [0.1, 0.15) is 10.7 Å². The molecule has 0 saturated carbocycles. The molecule has 0 radical (unpaired) electrons. The van der Waals surface area contributed by atoms with Crippen LogP contribution in [0.15, 0.2) is 112 Å². The molecule has 5 rings (SSSR count). The van der Waals surface area contributed by atoms with Crippen molar-refractivity contribution in [1.82, 2.24) is 0 Å². The summed E-state index contributed by atoms with van der Waals surface area (Å²) in [5.74, 6) is 0. The molecule has 3 heteroatoms. The highest BCUT2D eigenvalue weighted by Crippen LogP contribution is 2.29. The van der Waals surface area contributed by atoms with E-state index in [0.29, 0.717) is 16.3 Å². The molecular formula is C33H28N2O. The second-order valence-electron chi connectivity index (χ2n) is 9.21. The van der Waals surface area contributed by atoms with E-state index in [1.54, 1.807) is 0 Å². The Balaban J connectivity index is 2.02. The monoisotopic (exact) mass is 468 g/mol. The Bertz CT molecular complexity index is 1680. The predicted molar refractivity (Wildman–Crippen MR) is 148 cm³/mol. The zero-order valence-corrected chi connectivity index (χ0v) is 21.0. The highest BCUT2D eigenvalue weighted by atomic mass is 16.1. The minimum atomic E-state index is -0.104. The van der Waals surface area contributed by atoms with Crippen LogP contribution in [0.3, 0.4) is 0 Å². The third-order valence-corrected chi connectivity index (χ3v) is 6.60. The standard InChI is InChI=1S/C33H28N2O/c1-21-13-11-14-22(2)29(21)34-31-27(25-17-7-5-8-18-25)28(26-19-9-6-10-20-26)33(36)32(31)35-30-23(3)15-12-16-24(30)4/h5-20H,1-4H3. The van der Waals surface area contributed by atoms with Gasteiger partial charge in [0.2, 0.25) is 5.43 Å². The van der Waals surface area contributed by atoms with Crippen LogP contribution in [-0.2, 0) is 0 Å². The van der Waals surface area contributed by atoms with Crippen LogP contribution in [0.4, 0.5) is 11.4 Å². The summed E-state index contributed by atoms with van der Waals surface area (Å²) in [6.07, 6.45) is 0. The van der Waals surface area contributed by atoms with Crippen molar-refractivity contribution in [1.29, 1.82) is 0 Å². The van der Waals surface area contributed by atoms with Gasteiger partial charge in [-0.05, 0) is 61.1 Å². The average molecular weight is 469 g/mol.